The number of aryl methyl sites for hydroxylation is 10. The first-order valence-electron chi connectivity index (χ1n) is 27.1. The van der Waals surface area contributed by atoms with Crippen molar-refractivity contribution in [1.29, 1.82) is 0 Å². The Kier molecular flexibility index (Phi) is 24.5. The third kappa shape index (κ3) is 19.1. The molecule has 73 heavy (non-hydrogen) atoms. The van der Waals surface area contributed by atoms with Crippen LogP contribution in [0.4, 0.5) is 0 Å². The molecule has 0 radical (unpaired) electrons. The third-order valence-corrected chi connectivity index (χ3v) is 13.7. The van der Waals surface area contributed by atoms with Crippen molar-refractivity contribution >= 4 is 6.21 Å². The van der Waals surface area contributed by atoms with Gasteiger partial charge in [0, 0.05) is 147 Å². The Hall–Kier alpha value is -6.49. The van der Waals surface area contributed by atoms with Gasteiger partial charge in [0.1, 0.15) is 0 Å². The lowest BCUT2D eigenvalue weighted by atomic mass is 10.0. The number of rotatable bonds is 4. The highest BCUT2D eigenvalue weighted by Gasteiger charge is 2.10. The van der Waals surface area contributed by atoms with Crippen LogP contribution in [0.15, 0.2) is 152 Å². The van der Waals surface area contributed by atoms with E-state index in [1.54, 1.807) is 12.7 Å². The molecule has 14 rings (SSSR count). The topological polar surface area (TPSA) is 110 Å². The molecule has 14 heterocycles. The number of hydrogen-bond donors (Lipinski definition) is 3. The van der Waals surface area contributed by atoms with Gasteiger partial charge in [-0.1, -0.05) is 62.8 Å². The van der Waals surface area contributed by atoms with Crippen LogP contribution in [0.1, 0.15) is 165 Å². The molecular formula is C62H91N11. The number of aliphatic imine (C=N–C) groups is 1. The lowest BCUT2D eigenvalue weighted by molar-refractivity contribution is 0.750. The SMILES string of the molecule is C.CC(C)C1=CN=CC1.CC(C)c1ccc[nH]1.CC(C)c1cnc[nH]1.CC(C)c1cnc[nH]1.c1cc2n(c1)CCC2.c1cc2n(c1)CCC2.c1cc2n(c1)CCC2.c1cc2n(c1)CCC2.c1cc2n(c1)CCC2. The molecule has 0 amide bonds. The van der Waals surface area contributed by atoms with E-state index in [4.69, 9.17) is 0 Å². The quantitative estimate of drug-likeness (QED) is 0.163. The van der Waals surface area contributed by atoms with Gasteiger partial charge >= 0.3 is 0 Å². The van der Waals surface area contributed by atoms with E-state index in [2.05, 4.69) is 206 Å². The molecule has 0 bridgehead atoms. The van der Waals surface area contributed by atoms with Crippen molar-refractivity contribution in [3.8, 4) is 0 Å². The monoisotopic (exact) mass is 990 g/mol. The van der Waals surface area contributed by atoms with Crippen LogP contribution in [-0.4, -0.2) is 54.0 Å². The molecule has 0 spiro atoms. The average Bonchev–Trinajstić information content (AvgIpc) is 4.19. The number of nitrogens with one attached hydrogen (secondary N) is 3. The fourth-order valence-electron chi connectivity index (χ4n) is 9.24. The molecule has 6 aliphatic heterocycles. The summed E-state index contributed by atoms with van der Waals surface area (Å²) in [4.78, 5) is 21.0. The van der Waals surface area contributed by atoms with Crippen LogP contribution in [-0.2, 0) is 64.8 Å². The van der Waals surface area contributed by atoms with Gasteiger partial charge in [0.25, 0.3) is 0 Å². The maximum Gasteiger partial charge on any atom is 0.0921 e. The average molecular weight is 990 g/mol. The van der Waals surface area contributed by atoms with Gasteiger partial charge in [0.2, 0.25) is 0 Å². The van der Waals surface area contributed by atoms with E-state index >= 15 is 0 Å². The molecule has 8 aromatic rings. The van der Waals surface area contributed by atoms with E-state index in [1.807, 2.05) is 37.1 Å². The second kappa shape index (κ2) is 31.2. The summed E-state index contributed by atoms with van der Waals surface area (Å²) in [5.74, 6) is 2.44. The number of imidazole rings is 2. The molecule has 0 aromatic carbocycles. The molecule has 394 valence electrons. The minimum atomic E-state index is 0. The molecule has 0 aliphatic carbocycles. The summed E-state index contributed by atoms with van der Waals surface area (Å²) in [6, 6.07) is 25.7. The Morgan fingerprint density at radius 1 is 0.411 bits per heavy atom. The van der Waals surface area contributed by atoms with Gasteiger partial charge in [-0.05, 0) is 166 Å². The highest BCUT2D eigenvalue weighted by atomic mass is 15.0. The Labute approximate surface area is 439 Å². The van der Waals surface area contributed by atoms with E-state index < -0.39 is 0 Å². The number of nitrogens with zero attached hydrogens (tertiary/aromatic N) is 8. The maximum absolute atomic E-state index is 4.00. The van der Waals surface area contributed by atoms with Crippen LogP contribution in [0.2, 0.25) is 0 Å². The zero-order chi connectivity index (χ0) is 50.9. The van der Waals surface area contributed by atoms with Crippen molar-refractivity contribution < 1.29 is 0 Å². The maximum atomic E-state index is 4.00. The minimum absolute atomic E-state index is 0. The van der Waals surface area contributed by atoms with Crippen LogP contribution < -0.4 is 0 Å². The molecule has 0 saturated carbocycles. The van der Waals surface area contributed by atoms with Gasteiger partial charge in [-0.25, -0.2) is 9.97 Å². The van der Waals surface area contributed by atoms with Crippen LogP contribution in [0, 0.1) is 5.92 Å². The number of fused-ring (bicyclic) bond motifs is 5. The predicted molar refractivity (Wildman–Crippen MR) is 307 cm³/mol. The molecule has 6 aliphatic rings. The first kappa shape index (κ1) is 57.4. The summed E-state index contributed by atoms with van der Waals surface area (Å²) in [7, 11) is 0. The van der Waals surface area contributed by atoms with Crippen molar-refractivity contribution in [1.82, 2.24) is 47.8 Å². The van der Waals surface area contributed by atoms with E-state index in [1.165, 1.54) is 148 Å². The normalized spacial score (nSPS) is 14.4. The largest absolute Gasteiger partial charge is 0.365 e. The summed E-state index contributed by atoms with van der Waals surface area (Å²) >= 11 is 0. The van der Waals surface area contributed by atoms with Crippen LogP contribution in [0.3, 0.4) is 0 Å². The zero-order valence-corrected chi connectivity index (χ0v) is 45.1. The number of H-pyrrole nitrogens is 3. The number of allylic oxidation sites excluding steroid dienone is 1. The minimum Gasteiger partial charge on any atom is -0.365 e. The Morgan fingerprint density at radius 2 is 0.753 bits per heavy atom. The molecule has 11 heteroatoms. The lowest BCUT2D eigenvalue weighted by Gasteiger charge is -2.01. The van der Waals surface area contributed by atoms with E-state index in [0.717, 1.165) is 6.42 Å². The van der Waals surface area contributed by atoms with Crippen molar-refractivity contribution in [2.75, 3.05) is 0 Å². The van der Waals surface area contributed by atoms with Gasteiger partial charge < -0.3 is 37.8 Å². The van der Waals surface area contributed by atoms with Gasteiger partial charge in [-0.15, -0.1) is 0 Å². The van der Waals surface area contributed by atoms with Gasteiger partial charge in [0.05, 0.1) is 12.7 Å². The Balaban J connectivity index is 0.000000152. The van der Waals surface area contributed by atoms with E-state index in [-0.39, 0.29) is 7.43 Å². The van der Waals surface area contributed by atoms with Gasteiger partial charge in [-0.3, -0.25) is 4.99 Å². The number of aromatic nitrogens is 10. The molecule has 3 N–H and O–H groups in total. The summed E-state index contributed by atoms with van der Waals surface area (Å²) in [5.41, 5.74) is 12.7. The highest BCUT2D eigenvalue weighted by molar-refractivity contribution is 5.65. The first-order chi connectivity index (χ1) is 35.0. The third-order valence-electron chi connectivity index (χ3n) is 13.7. The molecule has 0 unspecified atom stereocenters. The fraction of sp³-hybridized carbons (Fsp3) is 0.468. The molecule has 11 nitrogen and oxygen atoms in total. The number of aromatic amines is 3. The second-order valence-corrected chi connectivity index (χ2v) is 20.5. The summed E-state index contributed by atoms with van der Waals surface area (Å²) in [5, 5.41) is 0. The fourth-order valence-corrected chi connectivity index (χ4v) is 9.24. The molecule has 0 fully saturated rings. The van der Waals surface area contributed by atoms with E-state index in [9.17, 15) is 0 Å². The Morgan fingerprint density at radius 3 is 0.932 bits per heavy atom. The second-order valence-electron chi connectivity index (χ2n) is 20.5. The summed E-state index contributed by atoms with van der Waals surface area (Å²) in [6.45, 7) is 23.5. The lowest BCUT2D eigenvalue weighted by Crippen LogP contribution is -1.89. The summed E-state index contributed by atoms with van der Waals surface area (Å²) in [6.07, 6.45) is 38.0. The first-order valence-corrected chi connectivity index (χ1v) is 27.1. The van der Waals surface area contributed by atoms with Crippen molar-refractivity contribution in [3.05, 3.63) is 192 Å². The van der Waals surface area contributed by atoms with Crippen molar-refractivity contribution in [3.63, 3.8) is 0 Å². The molecule has 8 aromatic heterocycles. The standard InChI is InChI=1S/5C7H9N.2C7H11N.2C6H10N2.CH4/c5*1-3-7-4-2-6-8(7)5-1;1-6(2)7-3-4-8-5-7;1-6(2)7-4-3-5-8-7;2*1-5(2)6-3-7-4-8-6;/h5*1,3,5H,2,4,6H2;4-6H,3H2,1-2H3;3-6,8H,1-2H3;2*3-5H,1-2H3,(H,7,8);1H4. The smallest absolute Gasteiger partial charge is 0.0921 e. The summed E-state index contributed by atoms with van der Waals surface area (Å²) < 4.78 is 11.6. The van der Waals surface area contributed by atoms with Crippen molar-refractivity contribution in [2.24, 2.45) is 10.9 Å². The zero-order valence-electron chi connectivity index (χ0n) is 45.1. The van der Waals surface area contributed by atoms with Gasteiger partial charge in [-0.2, -0.15) is 0 Å². The van der Waals surface area contributed by atoms with Crippen LogP contribution in [0.5, 0.6) is 0 Å². The van der Waals surface area contributed by atoms with Crippen molar-refractivity contribution in [2.45, 2.75) is 184 Å². The van der Waals surface area contributed by atoms with Gasteiger partial charge in [0.15, 0.2) is 0 Å². The predicted octanol–water partition coefficient (Wildman–Crippen LogP) is 15.0. The Bertz CT molecular complexity index is 2230. The highest BCUT2D eigenvalue weighted by Crippen LogP contribution is 2.18. The van der Waals surface area contributed by atoms with E-state index in [0.29, 0.717) is 23.7 Å². The number of hydrogen-bond acceptors (Lipinski definition) is 3. The molecular weight excluding hydrogens is 899 g/mol. The molecule has 0 saturated heterocycles. The van der Waals surface area contributed by atoms with Crippen LogP contribution >= 0.6 is 0 Å². The van der Waals surface area contributed by atoms with Crippen LogP contribution in [0.25, 0.3) is 0 Å². The molecule has 0 atom stereocenters.